The van der Waals surface area contributed by atoms with Crippen LogP contribution >= 0.6 is 0 Å². The Hall–Kier alpha value is -1.00. The van der Waals surface area contributed by atoms with Crippen molar-refractivity contribution in [2.24, 2.45) is 5.73 Å². The van der Waals surface area contributed by atoms with Crippen LogP contribution in [0.2, 0.25) is 0 Å². The van der Waals surface area contributed by atoms with Crippen LogP contribution in [-0.4, -0.2) is 28.5 Å². The molecule has 0 radical (unpaired) electrons. The minimum absolute atomic E-state index is 0.223. The fraction of sp³-hybridized carbons (Fsp3) is 0.615. The van der Waals surface area contributed by atoms with E-state index in [2.05, 4.69) is 37.6 Å². The van der Waals surface area contributed by atoms with Crippen LogP contribution in [0.25, 0.3) is 0 Å². The second-order valence-corrected chi connectivity index (χ2v) is 4.74. The van der Waals surface area contributed by atoms with Gasteiger partial charge in [-0.15, -0.1) is 0 Å². The van der Waals surface area contributed by atoms with E-state index in [4.69, 9.17) is 5.73 Å². The number of hydrogen-bond acceptors (Lipinski definition) is 3. The van der Waals surface area contributed by atoms with E-state index in [9.17, 15) is 4.39 Å². The van der Waals surface area contributed by atoms with Crippen molar-refractivity contribution in [3.8, 4) is 0 Å². The van der Waals surface area contributed by atoms with Gasteiger partial charge >= 0.3 is 0 Å². The Kier molecular flexibility index (Phi) is 4.60. The molecule has 0 aliphatic carbocycles. The Morgan fingerprint density at radius 1 is 1.35 bits per heavy atom. The van der Waals surface area contributed by atoms with Crippen molar-refractivity contribution in [2.45, 2.75) is 39.3 Å². The second kappa shape index (κ2) is 5.56. The van der Waals surface area contributed by atoms with Crippen molar-refractivity contribution < 1.29 is 4.39 Å². The Morgan fingerprint density at radius 3 is 2.41 bits per heavy atom. The van der Waals surface area contributed by atoms with Crippen LogP contribution in [0.1, 0.15) is 39.3 Å². The maximum absolute atomic E-state index is 13.1. The lowest BCUT2D eigenvalue weighted by molar-refractivity contribution is 0.106. The van der Waals surface area contributed by atoms with Gasteiger partial charge in [0.05, 0.1) is 6.20 Å². The van der Waals surface area contributed by atoms with E-state index in [1.807, 2.05) is 0 Å². The lowest BCUT2D eigenvalue weighted by Gasteiger charge is -2.41. The average molecular weight is 239 g/mol. The molecule has 96 valence electrons. The first-order chi connectivity index (χ1) is 7.93. The third-order valence-electron chi connectivity index (χ3n) is 3.42. The first-order valence-corrected chi connectivity index (χ1v) is 6.04. The summed E-state index contributed by atoms with van der Waals surface area (Å²) < 4.78 is 13.1. The second-order valence-electron chi connectivity index (χ2n) is 4.74. The van der Waals surface area contributed by atoms with Gasteiger partial charge in [0, 0.05) is 17.8 Å². The Balaban J connectivity index is 2.98. The van der Waals surface area contributed by atoms with E-state index in [1.54, 1.807) is 6.20 Å². The number of halogens is 1. The van der Waals surface area contributed by atoms with Gasteiger partial charge in [0.15, 0.2) is 0 Å². The fourth-order valence-electron chi connectivity index (χ4n) is 2.24. The van der Waals surface area contributed by atoms with Crippen molar-refractivity contribution in [2.75, 3.05) is 13.1 Å². The number of nitrogens with zero attached hydrogens (tertiary/aromatic N) is 2. The van der Waals surface area contributed by atoms with E-state index < -0.39 is 0 Å². The van der Waals surface area contributed by atoms with E-state index >= 15 is 0 Å². The van der Waals surface area contributed by atoms with Crippen molar-refractivity contribution in [1.82, 2.24) is 9.88 Å². The van der Waals surface area contributed by atoms with Gasteiger partial charge in [0.1, 0.15) is 5.82 Å². The van der Waals surface area contributed by atoms with Gasteiger partial charge in [-0.1, -0.05) is 13.8 Å². The summed E-state index contributed by atoms with van der Waals surface area (Å²) in [4.78, 5) is 6.12. The zero-order chi connectivity index (χ0) is 13.1. The Labute approximate surface area is 103 Å². The van der Waals surface area contributed by atoms with Gasteiger partial charge in [-0.25, -0.2) is 4.39 Å². The van der Waals surface area contributed by atoms with E-state index in [0.29, 0.717) is 0 Å². The molecule has 0 aromatic carbocycles. The predicted octanol–water partition coefficient (Wildman–Crippen LogP) is 2.34. The van der Waals surface area contributed by atoms with Crippen molar-refractivity contribution in [3.05, 3.63) is 29.8 Å². The lowest BCUT2D eigenvalue weighted by Crippen LogP contribution is -2.51. The highest BCUT2D eigenvalue weighted by molar-refractivity contribution is 5.19. The summed E-state index contributed by atoms with van der Waals surface area (Å²) in [6.45, 7) is 10.2. The van der Waals surface area contributed by atoms with Crippen LogP contribution in [0.15, 0.2) is 18.5 Å². The highest BCUT2D eigenvalue weighted by Gasteiger charge is 2.32. The minimum Gasteiger partial charge on any atom is -0.322 e. The minimum atomic E-state index is -0.340. The molecular formula is C13H22FN3. The summed E-state index contributed by atoms with van der Waals surface area (Å²) in [5, 5.41) is 0. The molecule has 1 aromatic rings. The summed E-state index contributed by atoms with van der Waals surface area (Å²) in [5.41, 5.74) is 6.76. The molecule has 1 rings (SSSR count). The van der Waals surface area contributed by atoms with Gasteiger partial charge < -0.3 is 5.73 Å². The number of pyridine rings is 1. The molecule has 0 aliphatic rings. The van der Waals surface area contributed by atoms with Crippen LogP contribution in [0.5, 0.6) is 0 Å². The van der Waals surface area contributed by atoms with Gasteiger partial charge in [0.25, 0.3) is 0 Å². The summed E-state index contributed by atoms with van der Waals surface area (Å²) in [5.74, 6) is -0.340. The molecule has 4 heteroatoms. The maximum atomic E-state index is 13.1. The summed E-state index contributed by atoms with van der Waals surface area (Å²) in [6.07, 6.45) is 2.83. The molecule has 0 saturated carbocycles. The van der Waals surface area contributed by atoms with Gasteiger partial charge in [0.2, 0.25) is 0 Å². The molecule has 1 aromatic heterocycles. The molecule has 0 bridgehead atoms. The molecule has 3 nitrogen and oxygen atoms in total. The number of rotatable bonds is 5. The number of nitrogens with two attached hydrogens (primary N) is 1. The van der Waals surface area contributed by atoms with Crippen LogP contribution in [0, 0.1) is 5.82 Å². The Bertz CT molecular complexity index is 361. The molecule has 0 saturated heterocycles. The standard InChI is InChI=1S/C13H22FN3/c1-5-17(6-2)13(3,4)12(15)10-7-11(14)9-16-8-10/h7-9,12H,5-6,15H2,1-4H3. The molecule has 17 heavy (non-hydrogen) atoms. The SMILES string of the molecule is CCN(CC)C(C)(C)C(N)c1cncc(F)c1. The summed E-state index contributed by atoms with van der Waals surface area (Å²) >= 11 is 0. The Morgan fingerprint density at radius 2 is 1.94 bits per heavy atom. The third-order valence-corrected chi connectivity index (χ3v) is 3.42. The normalized spacial score (nSPS) is 14.1. The van der Waals surface area contributed by atoms with Crippen molar-refractivity contribution >= 4 is 0 Å². The molecule has 2 N–H and O–H groups in total. The topological polar surface area (TPSA) is 42.1 Å². The van der Waals surface area contributed by atoms with E-state index in [-0.39, 0.29) is 17.4 Å². The van der Waals surface area contributed by atoms with Gasteiger partial charge in [-0.05, 0) is 38.6 Å². The van der Waals surface area contributed by atoms with Crippen LogP contribution in [-0.2, 0) is 0 Å². The zero-order valence-electron chi connectivity index (χ0n) is 11.1. The van der Waals surface area contributed by atoms with Crippen molar-refractivity contribution in [1.29, 1.82) is 0 Å². The highest BCUT2D eigenvalue weighted by atomic mass is 19.1. The van der Waals surface area contributed by atoms with Gasteiger partial charge in [-0.3, -0.25) is 9.88 Å². The third kappa shape index (κ3) is 3.01. The van der Waals surface area contributed by atoms with Crippen LogP contribution in [0.4, 0.5) is 4.39 Å². The number of likely N-dealkylation sites (N-methyl/N-ethyl adjacent to an activating group) is 1. The van der Waals surface area contributed by atoms with Gasteiger partial charge in [-0.2, -0.15) is 0 Å². The van der Waals surface area contributed by atoms with Crippen LogP contribution < -0.4 is 5.73 Å². The molecule has 0 amide bonds. The fourth-order valence-corrected chi connectivity index (χ4v) is 2.24. The smallest absolute Gasteiger partial charge is 0.141 e. The first kappa shape index (κ1) is 14.1. The monoisotopic (exact) mass is 239 g/mol. The summed E-state index contributed by atoms with van der Waals surface area (Å²) in [6, 6.07) is 1.20. The lowest BCUT2D eigenvalue weighted by atomic mass is 9.88. The van der Waals surface area contributed by atoms with E-state index in [0.717, 1.165) is 18.7 Å². The largest absolute Gasteiger partial charge is 0.322 e. The van der Waals surface area contributed by atoms with E-state index in [1.165, 1.54) is 12.3 Å². The molecule has 1 heterocycles. The average Bonchev–Trinajstić information content (AvgIpc) is 2.29. The highest BCUT2D eigenvalue weighted by Crippen LogP contribution is 2.28. The molecule has 1 unspecified atom stereocenters. The summed E-state index contributed by atoms with van der Waals surface area (Å²) in [7, 11) is 0. The first-order valence-electron chi connectivity index (χ1n) is 6.04. The quantitative estimate of drug-likeness (QED) is 0.857. The zero-order valence-corrected chi connectivity index (χ0v) is 11.1. The molecular weight excluding hydrogens is 217 g/mol. The number of aromatic nitrogens is 1. The number of hydrogen-bond donors (Lipinski definition) is 1. The predicted molar refractivity (Wildman–Crippen MR) is 68.1 cm³/mol. The van der Waals surface area contributed by atoms with Crippen molar-refractivity contribution in [3.63, 3.8) is 0 Å². The van der Waals surface area contributed by atoms with Crippen LogP contribution in [0.3, 0.4) is 0 Å². The molecule has 0 fully saturated rings. The molecule has 1 atom stereocenters. The molecule has 0 aliphatic heterocycles. The molecule has 0 spiro atoms. The maximum Gasteiger partial charge on any atom is 0.141 e.